The number of esters is 1. The van der Waals surface area contributed by atoms with Crippen molar-refractivity contribution in [3.05, 3.63) is 48.6 Å². The standard InChI is InChI=1S/C37H64O4/c1-3-5-7-9-11-13-15-17-18-19-20-21-23-25-27-29-31-33-37(40)41-35(34-36(38)39)32-30-28-26-24-22-16-14-12-10-8-6-4-2/h11,13,17-18,20-21,25,27,35H,3-10,12,14-16,19,22-24,26,28-34H2,1-2H3,(H,38,39)/b13-11-,18-17-,21-20-,27-25-. The van der Waals surface area contributed by atoms with Gasteiger partial charge in [0, 0.05) is 6.42 Å². The molecule has 0 fully saturated rings. The van der Waals surface area contributed by atoms with Crippen LogP contribution in [0.3, 0.4) is 0 Å². The molecule has 1 unspecified atom stereocenters. The maximum absolute atomic E-state index is 12.3. The molecule has 41 heavy (non-hydrogen) atoms. The summed E-state index contributed by atoms with van der Waals surface area (Å²) in [6.07, 6.45) is 42.6. The zero-order chi connectivity index (χ0) is 30.1. The van der Waals surface area contributed by atoms with Gasteiger partial charge >= 0.3 is 11.9 Å². The molecular weight excluding hydrogens is 508 g/mol. The van der Waals surface area contributed by atoms with E-state index in [1.807, 2.05) is 0 Å². The molecular formula is C37H64O4. The minimum Gasteiger partial charge on any atom is -0.481 e. The molecule has 0 aromatic rings. The number of hydrogen-bond donors (Lipinski definition) is 1. The molecule has 1 N–H and O–H groups in total. The summed E-state index contributed by atoms with van der Waals surface area (Å²) in [6.45, 7) is 4.49. The fraction of sp³-hybridized carbons (Fsp3) is 0.730. The Labute approximate surface area is 253 Å². The molecule has 0 saturated carbocycles. The summed E-state index contributed by atoms with van der Waals surface area (Å²) in [6, 6.07) is 0. The highest BCUT2D eigenvalue weighted by atomic mass is 16.5. The van der Waals surface area contributed by atoms with Crippen molar-refractivity contribution in [2.45, 2.75) is 174 Å². The van der Waals surface area contributed by atoms with Crippen LogP contribution in [0.2, 0.25) is 0 Å². The summed E-state index contributed by atoms with van der Waals surface area (Å²) in [5, 5.41) is 9.21. The maximum atomic E-state index is 12.3. The van der Waals surface area contributed by atoms with E-state index in [1.165, 1.54) is 89.9 Å². The van der Waals surface area contributed by atoms with E-state index in [0.29, 0.717) is 12.8 Å². The summed E-state index contributed by atoms with van der Waals surface area (Å²) in [4.78, 5) is 23.5. The molecule has 0 saturated heterocycles. The first kappa shape index (κ1) is 38.9. The van der Waals surface area contributed by atoms with Gasteiger partial charge < -0.3 is 9.84 Å². The lowest BCUT2D eigenvalue weighted by Gasteiger charge is -2.16. The maximum Gasteiger partial charge on any atom is 0.307 e. The highest BCUT2D eigenvalue weighted by Crippen LogP contribution is 2.16. The number of allylic oxidation sites excluding steroid dienone is 8. The first-order valence-electron chi connectivity index (χ1n) is 17.1. The van der Waals surface area contributed by atoms with Crippen LogP contribution in [0.4, 0.5) is 0 Å². The average molecular weight is 573 g/mol. The number of ether oxygens (including phenoxy) is 1. The van der Waals surface area contributed by atoms with Crippen LogP contribution in [0, 0.1) is 0 Å². The third-order valence-corrected chi connectivity index (χ3v) is 7.29. The fourth-order valence-corrected chi connectivity index (χ4v) is 4.78. The zero-order valence-electron chi connectivity index (χ0n) is 26.8. The molecule has 4 nitrogen and oxygen atoms in total. The van der Waals surface area contributed by atoms with Crippen molar-refractivity contribution in [1.82, 2.24) is 0 Å². The summed E-state index contributed by atoms with van der Waals surface area (Å²) in [7, 11) is 0. The van der Waals surface area contributed by atoms with Gasteiger partial charge in [0.25, 0.3) is 0 Å². The van der Waals surface area contributed by atoms with Crippen LogP contribution < -0.4 is 0 Å². The van der Waals surface area contributed by atoms with Crippen molar-refractivity contribution >= 4 is 11.9 Å². The fourth-order valence-electron chi connectivity index (χ4n) is 4.78. The second-order valence-corrected chi connectivity index (χ2v) is 11.4. The van der Waals surface area contributed by atoms with Crippen molar-refractivity contribution in [2.24, 2.45) is 0 Å². The molecule has 0 radical (unpaired) electrons. The Morgan fingerprint density at radius 1 is 0.561 bits per heavy atom. The molecule has 0 spiro atoms. The molecule has 0 heterocycles. The van der Waals surface area contributed by atoms with Gasteiger partial charge in [-0.05, 0) is 57.8 Å². The first-order chi connectivity index (χ1) is 20.1. The number of hydrogen-bond acceptors (Lipinski definition) is 3. The number of aliphatic carboxylic acids is 1. The van der Waals surface area contributed by atoms with Gasteiger partial charge in [-0.3, -0.25) is 9.59 Å². The highest BCUT2D eigenvalue weighted by molar-refractivity contribution is 5.71. The number of rotatable bonds is 30. The average Bonchev–Trinajstić information content (AvgIpc) is 2.95. The van der Waals surface area contributed by atoms with Crippen molar-refractivity contribution < 1.29 is 19.4 Å². The number of carboxylic acids is 1. The van der Waals surface area contributed by atoms with Crippen LogP contribution in [-0.2, 0) is 14.3 Å². The third-order valence-electron chi connectivity index (χ3n) is 7.29. The largest absolute Gasteiger partial charge is 0.481 e. The number of carbonyl (C=O) groups excluding carboxylic acids is 1. The lowest BCUT2D eigenvalue weighted by atomic mass is 10.0. The van der Waals surface area contributed by atoms with Crippen LogP contribution in [0.5, 0.6) is 0 Å². The van der Waals surface area contributed by atoms with Crippen molar-refractivity contribution in [2.75, 3.05) is 0 Å². The molecule has 0 aromatic carbocycles. The van der Waals surface area contributed by atoms with Gasteiger partial charge in [0.15, 0.2) is 0 Å². The Hall–Kier alpha value is -2.10. The summed E-state index contributed by atoms with van der Waals surface area (Å²) in [5.74, 6) is -1.17. The van der Waals surface area contributed by atoms with E-state index in [0.717, 1.165) is 44.9 Å². The number of carbonyl (C=O) groups is 2. The lowest BCUT2D eigenvalue weighted by molar-refractivity contribution is -0.153. The quantitative estimate of drug-likeness (QED) is 0.0528. The van der Waals surface area contributed by atoms with E-state index < -0.39 is 12.1 Å². The predicted octanol–water partition coefficient (Wildman–Crippen LogP) is 11.6. The van der Waals surface area contributed by atoms with Crippen molar-refractivity contribution in [1.29, 1.82) is 0 Å². The second-order valence-electron chi connectivity index (χ2n) is 11.4. The topological polar surface area (TPSA) is 63.6 Å². The van der Waals surface area contributed by atoms with E-state index in [1.54, 1.807) is 0 Å². The Balaban J connectivity index is 3.83. The Morgan fingerprint density at radius 2 is 0.976 bits per heavy atom. The summed E-state index contributed by atoms with van der Waals surface area (Å²) in [5.41, 5.74) is 0. The number of carboxylic acid groups (broad SMARTS) is 1. The van der Waals surface area contributed by atoms with Gasteiger partial charge in [0.05, 0.1) is 6.42 Å². The zero-order valence-corrected chi connectivity index (χ0v) is 26.8. The monoisotopic (exact) mass is 572 g/mol. The SMILES string of the molecule is CCCCC/C=C\C/C=C\C/C=C\C/C=C\CCCC(=O)OC(CCCCCCCCCCCCCC)CC(=O)O. The van der Waals surface area contributed by atoms with E-state index in [2.05, 4.69) is 62.5 Å². The molecule has 236 valence electrons. The molecule has 0 rings (SSSR count). The van der Waals surface area contributed by atoms with Crippen LogP contribution >= 0.6 is 0 Å². The Morgan fingerprint density at radius 3 is 1.46 bits per heavy atom. The van der Waals surface area contributed by atoms with Gasteiger partial charge in [-0.15, -0.1) is 0 Å². The van der Waals surface area contributed by atoms with E-state index in [9.17, 15) is 14.7 Å². The molecule has 0 bridgehead atoms. The minimum atomic E-state index is -0.900. The van der Waals surface area contributed by atoms with Crippen molar-refractivity contribution in [3.8, 4) is 0 Å². The molecule has 0 aliphatic carbocycles. The third kappa shape index (κ3) is 32.3. The van der Waals surface area contributed by atoms with Crippen LogP contribution in [0.25, 0.3) is 0 Å². The first-order valence-corrected chi connectivity index (χ1v) is 17.1. The smallest absolute Gasteiger partial charge is 0.307 e. The van der Waals surface area contributed by atoms with Gasteiger partial charge in [-0.25, -0.2) is 0 Å². The predicted molar refractivity (Wildman–Crippen MR) is 176 cm³/mol. The van der Waals surface area contributed by atoms with Crippen LogP contribution in [0.1, 0.15) is 168 Å². The molecule has 0 amide bonds. The van der Waals surface area contributed by atoms with E-state index >= 15 is 0 Å². The Kier molecular flexibility index (Phi) is 30.8. The van der Waals surface area contributed by atoms with Crippen LogP contribution in [-0.4, -0.2) is 23.1 Å². The molecule has 4 heteroatoms. The summed E-state index contributed by atoms with van der Waals surface area (Å²) < 4.78 is 5.52. The molecule has 0 aliphatic heterocycles. The normalized spacial score (nSPS) is 12.8. The van der Waals surface area contributed by atoms with Gasteiger partial charge in [0.1, 0.15) is 6.10 Å². The second kappa shape index (κ2) is 32.4. The van der Waals surface area contributed by atoms with Crippen molar-refractivity contribution in [3.63, 3.8) is 0 Å². The minimum absolute atomic E-state index is 0.0963. The lowest BCUT2D eigenvalue weighted by Crippen LogP contribution is -2.21. The van der Waals surface area contributed by atoms with Gasteiger partial charge in [0.2, 0.25) is 0 Å². The van der Waals surface area contributed by atoms with Gasteiger partial charge in [-0.2, -0.15) is 0 Å². The molecule has 0 aromatic heterocycles. The van der Waals surface area contributed by atoms with Crippen LogP contribution in [0.15, 0.2) is 48.6 Å². The van der Waals surface area contributed by atoms with E-state index in [-0.39, 0.29) is 12.4 Å². The van der Waals surface area contributed by atoms with E-state index in [4.69, 9.17) is 4.74 Å². The Bertz CT molecular complexity index is 704. The molecule has 0 aliphatic rings. The highest BCUT2D eigenvalue weighted by Gasteiger charge is 2.17. The molecule has 1 atom stereocenters. The summed E-state index contributed by atoms with van der Waals surface area (Å²) >= 11 is 0. The van der Waals surface area contributed by atoms with Gasteiger partial charge in [-0.1, -0.05) is 146 Å². The number of unbranched alkanes of at least 4 members (excludes halogenated alkanes) is 15.